The molecule has 0 fully saturated rings. The fraction of sp³-hybridized carbons (Fsp3) is 1.00. The lowest BCUT2D eigenvalue weighted by Crippen LogP contribution is -2.76. The van der Waals surface area contributed by atoms with E-state index in [0.29, 0.717) is 0 Å². The molecular weight excluding hydrogens is 827 g/mol. The van der Waals surface area contributed by atoms with E-state index in [1.807, 2.05) is 11.8 Å². The monoisotopic (exact) mass is 912 g/mol. The molecule has 4 unspecified atom stereocenters. The zero-order valence-electron chi connectivity index (χ0n) is 38.4. The molecule has 0 saturated carbocycles. The standard InChI is InChI=1S/C38H88Cl4N2SSi6/c1-25-29-31(43(46(17,18)35(5,6)7)47(19,20)36(8,9)10)50(39,40)33(27-3)45-34(28-4)51(41,42)32(30-26-2)44(48(21,22)37(11,12)13)49(23,24)38(14,15)16/h31-34H,25-30H2,1-24H3. The van der Waals surface area contributed by atoms with E-state index in [2.05, 4.69) is 172 Å². The van der Waals surface area contributed by atoms with Crippen LogP contribution in [0, 0.1) is 0 Å². The lowest BCUT2D eigenvalue weighted by atomic mass is 10.2. The van der Waals surface area contributed by atoms with E-state index in [-0.39, 0.29) is 41.2 Å². The highest BCUT2D eigenvalue weighted by Gasteiger charge is 2.63. The van der Waals surface area contributed by atoms with Gasteiger partial charge in [0, 0.05) is 21.1 Å². The van der Waals surface area contributed by atoms with Crippen LogP contribution in [0.3, 0.4) is 0 Å². The highest BCUT2D eigenvalue weighted by molar-refractivity contribution is 8.06. The van der Waals surface area contributed by atoms with Crippen molar-refractivity contribution in [1.82, 2.24) is 8.46 Å². The maximum Gasteiger partial charge on any atom is 0.278 e. The Kier molecular flexibility index (Phi) is 19.3. The molecular formula is C38H88Cl4N2SSi6. The van der Waals surface area contributed by atoms with Gasteiger partial charge in [0.2, 0.25) is 0 Å². The van der Waals surface area contributed by atoms with Gasteiger partial charge in [-0.1, -0.05) is 176 Å². The summed E-state index contributed by atoms with van der Waals surface area (Å²) >= 11 is 34.8. The Labute approximate surface area is 351 Å². The molecule has 0 aromatic heterocycles. The Balaban J connectivity index is 7.72. The van der Waals surface area contributed by atoms with Crippen molar-refractivity contribution in [1.29, 1.82) is 0 Å². The molecule has 2 nitrogen and oxygen atoms in total. The van der Waals surface area contributed by atoms with E-state index < -0.39 is 46.3 Å². The quantitative estimate of drug-likeness (QED) is 0.0999. The first-order valence-corrected chi connectivity index (χ1v) is 41.3. The summed E-state index contributed by atoms with van der Waals surface area (Å²) in [6.45, 7) is 53.6. The maximum absolute atomic E-state index is 8.19. The molecule has 0 heterocycles. The molecule has 0 N–H and O–H groups in total. The Bertz CT molecular complexity index is 956. The molecule has 51 heavy (non-hydrogen) atoms. The van der Waals surface area contributed by atoms with Crippen molar-refractivity contribution < 1.29 is 0 Å². The molecule has 4 atom stereocenters. The highest BCUT2D eigenvalue weighted by atomic mass is 35.7. The van der Waals surface area contributed by atoms with E-state index in [9.17, 15) is 0 Å². The molecule has 0 aliphatic heterocycles. The van der Waals surface area contributed by atoms with E-state index in [4.69, 9.17) is 44.3 Å². The molecule has 0 amide bonds. The lowest BCUT2D eigenvalue weighted by molar-refractivity contribution is 0.452. The number of thioether (sulfide) groups is 1. The van der Waals surface area contributed by atoms with Crippen molar-refractivity contribution in [3.63, 3.8) is 0 Å². The van der Waals surface area contributed by atoms with Gasteiger partial charge < -0.3 is 8.46 Å². The Morgan fingerprint density at radius 3 is 0.765 bits per heavy atom. The Morgan fingerprint density at radius 1 is 0.431 bits per heavy atom. The molecule has 0 aliphatic rings. The largest absolute Gasteiger partial charge is 0.342 e. The highest BCUT2D eigenvalue weighted by Crippen LogP contribution is 2.55. The predicted octanol–water partition coefficient (Wildman–Crippen LogP) is 16.2. The summed E-state index contributed by atoms with van der Waals surface area (Å²) < 4.78 is 6.14. The molecule has 0 aliphatic carbocycles. The Morgan fingerprint density at radius 2 is 0.627 bits per heavy atom. The van der Waals surface area contributed by atoms with Crippen LogP contribution < -0.4 is 0 Å². The van der Waals surface area contributed by atoms with Crippen LogP contribution in [0.5, 0.6) is 0 Å². The minimum Gasteiger partial charge on any atom is -0.342 e. The molecule has 13 heteroatoms. The van der Waals surface area contributed by atoms with Gasteiger partial charge in [-0.05, 0) is 45.8 Å². The van der Waals surface area contributed by atoms with Gasteiger partial charge in [-0.25, -0.2) is 0 Å². The number of halogens is 4. The lowest BCUT2D eigenvalue weighted by Gasteiger charge is -2.62. The number of nitrogens with zero attached hydrogens (tertiary/aromatic N) is 2. The molecule has 0 saturated heterocycles. The first-order valence-electron chi connectivity index (χ1n) is 20.3. The van der Waals surface area contributed by atoms with E-state index in [1.165, 1.54) is 0 Å². The van der Waals surface area contributed by atoms with Crippen LogP contribution >= 0.6 is 56.1 Å². The van der Waals surface area contributed by atoms with Crippen LogP contribution in [-0.4, -0.2) is 75.9 Å². The third-order valence-electron chi connectivity index (χ3n) is 14.3. The van der Waals surface area contributed by atoms with Crippen LogP contribution in [0.2, 0.25) is 72.5 Å². The molecule has 0 bridgehead atoms. The first-order chi connectivity index (χ1) is 22.3. The van der Waals surface area contributed by atoms with Crippen molar-refractivity contribution >= 4 is 102 Å². The molecule has 0 rings (SSSR count). The van der Waals surface area contributed by atoms with Crippen molar-refractivity contribution in [2.24, 2.45) is 0 Å². The summed E-state index contributed by atoms with van der Waals surface area (Å²) in [6, 6.07) is 0. The number of rotatable bonds is 18. The third-order valence-corrected chi connectivity index (χ3v) is 60.3. The van der Waals surface area contributed by atoms with Crippen molar-refractivity contribution in [2.45, 2.75) is 243 Å². The molecule has 308 valence electrons. The molecule has 0 radical (unpaired) electrons. The van der Waals surface area contributed by atoms with Crippen LogP contribution in [0.15, 0.2) is 0 Å². The molecule has 0 aromatic rings. The van der Waals surface area contributed by atoms with Crippen molar-refractivity contribution in [2.75, 3.05) is 0 Å². The summed E-state index contributed by atoms with van der Waals surface area (Å²) in [4.78, 5) is 0.278. The topological polar surface area (TPSA) is 6.48 Å². The predicted molar refractivity (Wildman–Crippen MR) is 261 cm³/mol. The summed E-state index contributed by atoms with van der Waals surface area (Å²) in [5, 5.41) is 0.691. The van der Waals surface area contributed by atoms with Gasteiger partial charge in [-0.3, -0.25) is 0 Å². The second-order valence-corrected chi connectivity index (χ2v) is 59.5. The van der Waals surface area contributed by atoms with Crippen molar-refractivity contribution in [3.05, 3.63) is 0 Å². The summed E-state index contributed by atoms with van der Waals surface area (Å²) in [6.07, 6.45) is 6.11. The maximum atomic E-state index is 8.19. The van der Waals surface area contributed by atoms with E-state index in [1.54, 1.807) is 0 Å². The fourth-order valence-corrected chi connectivity index (χ4v) is 52.2. The van der Waals surface area contributed by atoms with Gasteiger partial charge >= 0.3 is 0 Å². The number of hydrogen-bond donors (Lipinski definition) is 0. The summed E-state index contributed by atoms with van der Waals surface area (Å²) in [7, 11) is -8.18. The van der Waals surface area contributed by atoms with Crippen LogP contribution in [0.1, 0.15) is 149 Å². The van der Waals surface area contributed by atoms with Gasteiger partial charge in [-0.2, -0.15) is 11.8 Å². The normalized spacial score (nSPS) is 18.0. The third kappa shape index (κ3) is 11.5. The number of hydrogen-bond acceptors (Lipinski definition) is 3. The van der Waals surface area contributed by atoms with Crippen LogP contribution in [0.25, 0.3) is 0 Å². The molecule has 0 aromatic carbocycles. The van der Waals surface area contributed by atoms with Crippen molar-refractivity contribution in [3.8, 4) is 0 Å². The fourth-order valence-electron chi connectivity index (χ4n) is 7.48. The zero-order chi connectivity index (χ0) is 41.4. The Hall–Kier alpha value is 2.73. The summed E-state index contributed by atoms with van der Waals surface area (Å²) in [5.74, 6) is 0. The second-order valence-electron chi connectivity index (χ2n) is 21.9. The van der Waals surface area contributed by atoms with Crippen LogP contribution in [0.4, 0.5) is 0 Å². The van der Waals surface area contributed by atoms with Gasteiger partial charge in [0.05, 0.1) is 0 Å². The minimum atomic E-state index is -2.98. The average molecular weight is 916 g/mol. The van der Waals surface area contributed by atoms with E-state index >= 15 is 0 Å². The van der Waals surface area contributed by atoms with Gasteiger partial charge in [0.1, 0.15) is 32.9 Å². The smallest absolute Gasteiger partial charge is 0.278 e. The zero-order valence-corrected chi connectivity index (χ0v) is 48.2. The first kappa shape index (κ1) is 53.7. The average Bonchev–Trinajstić information content (AvgIpc) is 2.89. The van der Waals surface area contributed by atoms with Gasteiger partial charge in [0.15, 0.2) is 0 Å². The molecule has 0 spiro atoms. The van der Waals surface area contributed by atoms with Gasteiger partial charge in [-0.15, -0.1) is 44.3 Å². The minimum absolute atomic E-state index is 0.139. The van der Waals surface area contributed by atoms with E-state index in [0.717, 1.165) is 38.5 Å². The SMILES string of the molecule is CCCC(N([Si](C)(C)C(C)(C)C)[Si](C)(C)C(C)(C)C)[Si](Cl)(Cl)C(CC)SC(CC)[Si](Cl)(Cl)C(CCC)N([Si](C)(C)C(C)(C)C)[Si](C)(C)C(C)(C)C. The van der Waals surface area contributed by atoms with Gasteiger partial charge in [0.25, 0.3) is 13.4 Å². The van der Waals surface area contributed by atoms with Crippen LogP contribution in [-0.2, 0) is 0 Å². The second kappa shape index (κ2) is 18.3. The summed E-state index contributed by atoms with van der Waals surface area (Å²) in [5.41, 5.74) is 0.374.